The third-order valence-electron chi connectivity index (χ3n) is 2.89. The molecule has 1 aromatic carbocycles. The Labute approximate surface area is 137 Å². The van der Waals surface area contributed by atoms with Crippen LogP contribution in [0.3, 0.4) is 0 Å². The SMILES string of the molecule is O=C(N/N=C\c1ccc(Br)o1)c1cc2cc([N+](=O)[O-])ccc2o1. The number of halogens is 1. The fourth-order valence-electron chi connectivity index (χ4n) is 1.86. The molecule has 2 aromatic heterocycles. The number of nitrogens with one attached hydrogen (secondary N) is 1. The van der Waals surface area contributed by atoms with Crippen molar-refractivity contribution in [2.45, 2.75) is 0 Å². The average Bonchev–Trinajstić information content (AvgIpc) is 3.12. The zero-order valence-electron chi connectivity index (χ0n) is 11.4. The fraction of sp³-hybridized carbons (Fsp3) is 0. The summed E-state index contributed by atoms with van der Waals surface area (Å²) in [5.41, 5.74) is 2.58. The van der Waals surface area contributed by atoms with Crippen LogP contribution in [0.2, 0.25) is 0 Å². The molecule has 0 aliphatic heterocycles. The average molecular weight is 378 g/mol. The Hall–Kier alpha value is -2.94. The first-order valence-electron chi connectivity index (χ1n) is 6.29. The van der Waals surface area contributed by atoms with E-state index in [-0.39, 0.29) is 11.4 Å². The number of hydrazone groups is 1. The summed E-state index contributed by atoms with van der Waals surface area (Å²) in [4.78, 5) is 22.1. The number of rotatable bonds is 4. The van der Waals surface area contributed by atoms with Crippen LogP contribution >= 0.6 is 15.9 Å². The first-order valence-corrected chi connectivity index (χ1v) is 7.09. The Bertz CT molecular complexity index is 928. The fourth-order valence-corrected chi connectivity index (χ4v) is 2.18. The summed E-state index contributed by atoms with van der Waals surface area (Å²) in [6.07, 6.45) is 1.33. The second-order valence-corrected chi connectivity index (χ2v) is 5.21. The minimum atomic E-state index is -0.578. The monoisotopic (exact) mass is 377 g/mol. The lowest BCUT2D eigenvalue weighted by molar-refractivity contribution is -0.384. The summed E-state index contributed by atoms with van der Waals surface area (Å²) in [6, 6.07) is 8.85. The zero-order valence-corrected chi connectivity index (χ0v) is 12.9. The van der Waals surface area contributed by atoms with E-state index in [4.69, 9.17) is 8.83 Å². The molecule has 1 N–H and O–H groups in total. The Balaban J connectivity index is 1.75. The number of fused-ring (bicyclic) bond motifs is 1. The molecule has 9 heteroatoms. The quantitative estimate of drug-likeness (QED) is 0.425. The molecular weight excluding hydrogens is 370 g/mol. The normalized spacial score (nSPS) is 11.2. The molecular formula is C14H8BrN3O5. The van der Waals surface area contributed by atoms with Crippen molar-refractivity contribution in [3.05, 3.63) is 62.7 Å². The van der Waals surface area contributed by atoms with Gasteiger partial charge in [0.2, 0.25) is 0 Å². The van der Waals surface area contributed by atoms with Gasteiger partial charge in [-0.2, -0.15) is 5.10 Å². The number of hydrogen-bond acceptors (Lipinski definition) is 6. The van der Waals surface area contributed by atoms with Crippen molar-refractivity contribution in [1.82, 2.24) is 5.43 Å². The van der Waals surface area contributed by atoms with E-state index in [0.29, 0.717) is 21.4 Å². The van der Waals surface area contributed by atoms with Gasteiger partial charge < -0.3 is 8.83 Å². The molecule has 3 rings (SSSR count). The van der Waals surface area contributed by atoms with Crippen molar-refractivity contribution in [1.29, 1.82) is 0 Å². The van der Waals surface area contributed by atoms with E-state index in [0.717, 1.165) is 0 Å². The Kier molecular flexibility index (Phi) is 3.94. The number of non-ortho nitro benzene ring substituents is 1. The lowest BCUT2D eigenvalue weighted by Gasteiger charge is -1.93. The summed E-state index contributed by atoms with van der Waals surface area (Å²) in [5, 5.41) is 14.9. The number of hydrogen-bond donors (Lipinski definition) is 1. The van der Waals surface area contributed by atoms with Gasteiger partial charge in [-0.1, -0.05) is 0 Å². The van der Waals surface area contributed by atoms with Crippen LogP contribution < -0.4 is 5.43 Å². The highest BCUT2D eigenvalue weighted by Crippen LogP contribution is 2.24. The molecule has 0 aliphatic rings. The van der Waals surface area contributed by atoms with Gasteiger partial charge >= 0.3 is 5.91 Å². The van der Waals surface area contributed by atoms with Crippen molar-refractivity contribution in [3.8, 4) is 0 Å². The van der Waals surface area contributed by atoms with E-state index < -0.39 is 10.8 Å². The van der Waals surface area contributed by atoms with E-state index in [1.54, 1.807) is 12.1 Å². The molecule has 0 unspecified atom stereocenters. The van der Waals surface area contributed by atoms with Gasteiger partial charge in [0.1, 0.15) is 11.3 Å². The predicted octanol–water partition coefficient (Wildman–Crippen LogP) is 3.46. The van der Waals surface area contributed by atoms with Crippen molar-refractivity contribution < 1.29 is 18.6 Å². The van der Waals surface area contributed by atoms with Crippen molar-refractivity contribution in [2.75, 3.05) is 0 Å². The standard InChI is InChI=1S/C14H8BrN3O5/c15-13-4-2-10(22-13)7-16-17-14(19)12-6-8-5-9(18(20)21)1-3-11(8)23-12/h1-7H,(H,17,19)/b16-7-. The number of carbonyl (C=O) groups excluding carboxylic acids is 1. The Morgan fingerprint density at radius 2 is 2.09 bits per heavy atom. The highest BCUT2D eigenvalue weighted by Gasteiger charge is 2.14. The number of nitro groups is 1. The summed E-state index contributed by atoms with van der Waals surface area (Å²) >= 11 is 3.15. The Morgan fingerprint density at radius 3 is 2.78 bits per heavy atom. The Morgan fingerprint density at radius 1 is 1.26 bits per heavy atom. The van der Waals surface area contributed by atoms with Gasteiger partial charge in [0.25, 0.3) is 5.69 Å². The molecule has 8 nitrogen and oxygen atoms in total. The summed E-state index contributed by atoms with van der Waals surface area (Å²) in [5.74, 6) is -0.124. The van der Waals surface area contributed by atoms with Gasteiger partial charge in [0.15, 0.2) is 10.4 Å². The van der Waals surface area contributed by atoms with Crippen molar-refractivity contribution >= 4 is 44.7 Å². The minimum absolute atomic E-state index is 0.00160. The molecule has 3 aromatic rings. The molecule has 23 heavy (non-hydrogen) atoms. The molecule has 0 fully saturated rings. The number of furan rings is 2. The number of benzene rings is 1. The highest BCUT2D eigenvalue weighted by atomic mass is 79.9. The van der Waals surface area contributed by atoms with Gasteiger partial charge in [-0.3, -0.25) is 14.9 Å². The highest BCUT2D eigenvalue weighted by molar-refractivity contribution is 9.10. The van der Waals surface area contributed by atoms with E-state index >= 15 is 0 Å². The van der Waals surface area contributed by atoms with Crippen molar-refractivity contribution in [3.63, 3.8) is 0 Å². The molecule has 0 spiro atoms. The van der Waals surface area contributed by atoms with Crippen LogP contribution in [-0.2, 0) is 0 Å². The maximum Gasteiger partial charge on any atom is 0.307 e. The minimum Gasteiger partial charge on any atom is -0.451 e. The molecule has 0 radical (unpaired) electrons. The maximum atomic E-state index is 11.9. The summed E-state index contributed by atoms with van der Waals surface area (Å²) in [7, 11) is 0. The summed E-state index contributed by atoms with van der Waals surface area (Å²) in [6.45, 7) is 0. The third kappa shape index (κ3) is 3.29. The third-order valence-corrected chi connectivity index (χ3v) is 3.31. The van der Waals surface area contributed by atoms with Crippen LogP contribution in [0.15, 0.2) is 55.0 Å². The van der Waals surface area contributed by atoms with Crippen LogP contribution in [-0.4, -0.2) is 17.0 Å². The smallest absolute Gasteiger partial charge is 0.307 e. The summed E-state index contributed by atoms with van der Waals surface area (Å²) < 4.78 is 11.1. The van der Waals surface area contributed by atoms with Crippen LogP contribution in [0.4, 0.5) is 5.69 Å². The molecule has 0 bridgehead atoms. The van der Waals surface area contributed by atoms with Crippen LogP contribution in [0, 0.1) is 10.1 Å². The van der Waals surface area contributed by atoms with Crippen LogP contribution in [0.1, 0.15) is 16.3 Å². The van der Waals surface area contributed by atoms with Gasteiger partial charge in [0.05, 0.1) is 11.1 Å². The molecule has 2 heterocycles. The first-order chi connectivity index (χ1) is 11.0. The van der Waals surface area contributed by atoms with Gasteiger partial charge in [-0.15, -0.1) is 0 Å². The predicted molar refractivity (Wildman–Crippen MR) is 84.3 cm³/mol. The van der Waals surface area contributed by atoms with Crippen LogP contribution in [0.25, 0.3) is 11.0 Å². The van der Waals surface area contributed by atoms with E-state index in [9.17, 15) is 14.9 Å². The maximum absolute atomic E-state index is 11.9. The van der Waals surface area contributed by atoms with Gasteiger partial charge in [0, 0.05) is 17.5 Å². The lowest BCUT2D eigenvalue weighted by Crippen LogP contribution is -2.16. The number of carbonyl (C=O) groups is 1. The van der Waals surface area contributed by atoms with Gasteiger partial charge in [-0.25, -0.2) is 5.43 Å². The zero-order chi connectivity index (χ0) is 16.4. The molecule has 0 aliphatic carbocycles. The van der Waals surface area contributed by atoms with Crippen LogP contribution in [0.5, 0.6) is 0 Å². The van der Waals surface area contributed by atoms with E-state index in [1.807, 2.05) is 0 Å². The van der Waals surface area contributed by atoms with Crippen molar-refractivity contribution in [2.24, 2.45) is 5.10 Å². The van der Waals surface area contributed by atoms with E-state index in [2.05, 4.69) is 26.5 Å². The van der Waals surface area contributed by atoms with E-state index in [1.165, 1.54) is 30.5 Å². The second-order valence-electron chi connectivity index (χ2n) is 4.43. The first kappa shape index (κ1) is 15.0. The lowest BCUT2D eigenvalue weighted by atomic mass is 10.2. The molecule has 0 atom stereocenters. The topological polar surface area (TPSA) is 111 Å². The molecule has 116 valence electrons. The molecule has 0 saturated heterocycles. The molecule has 1 amide bonds. The number of nitro benzene ring substituents is 1. The second kappa shape index (κ2) is 6.05. The molecule has 0 saturated carbocycles. The number of amides is 1. The number of nitrogens with zero attached hydrogens (tertiary/aromatic N) is 2. The largest absolute Gasteiger partial charge is 0.451 e. The van der Waals surface area contributed by atoms with Gasteiger partial charge in [-0.05, 0) is 40.2 Å².